The molecule has 0 bridgehead atoms. The van der Waals surface area contributed by atoms with Gasteiger partial charge in [0, 0.05) is 17.1 Å². The number of hydrogen-bond donors (Lipinski definition) is 2. The second-order valence-electron chi connectivity index (χ2n) is 3.36. The van der Waals surface area contributed by atoms with Gasteiger partial charge in [0.05, 0.1) is 6.42 Å². The van der Waals surface area contributed by atoms with E-state index in [1.165, 1.54) is 0 Å². The maximum atomic E-state index is 11.5. The average Bonchev–Trinajstić information content (AvgIpc) is 2.21. The number of aliphatic carboxylic acids is 1. The maximum Gasteiger partial charge on any atom is 0.305 e. The van der Waals surface area contributed by atoms with Crippen LogP contribution >= 0.6 is 11.6 Å². The Kier molecular flexibility index (Phi) is 4.31. The van der Waals surface area contributed by atoms with Gasteiger partial charge in [-0.3, -0.25) is 9.59 Å². The fourth-order valence-corrected chi connectivity index (χ4v) is 1.30. The fourth-order valence-electron chi connectivity index (χ4n) is 1.12. The van der Waals surface area contributed by atoms with E-state index in [-0.39, 0.29) is 18.9 Å². The second kappa shape index (κ2) is 5.51. The number of carbonyl (C=O) groups is 2. The van der Waals surface area contributed by atoms with Crippen molar-refractivity contribution < 1.29 is 14.7 Å². The Labute approximate surface area is 98.2 Å². The van der Waals surface area contributed by atoms with Crippen molar-refractivity contribution in [2.75, 3.05) is 6.54 Å². The molecule has 0 atom stereocenters. The van der Waals surface area contributed by atoms with E-state index in [1.807, 2.05) is 6.92 Å². The van der Waals surface area contributed by atoms with Crippen molar-refractivity contribution >= 4 is 23.5 Å². The van der Waals surface area contributed by atoms with Gasteiger partial charge < -0.3 is 10.4 Å². The highest BCUT2D eigenvalue weighted by molar-refractivity contribution is 6.31. The van der Waals surface area contributed by atoms with Crippen molar-refractivity contribution in [2.24, 2.45) is 0 Å². The number of rotatable bonds is 4. The molecule has 0 spiro atoms. The predicted molar refractivity (Wildman–Crippen MR) is 60.8 cm³/mol. The molecule has 1 rings (SSSR count). The number of aryl methyl sites for hydroxylation is 1. The highest BCUT2D eigenvalue weighted by Crippen LogP contribution is 2.16. The summed E-state index contributed by atoms with van der Waals surface area (Å²) in [5, 5.41) is 11.4. The standard InChI is InChI=1S/C11H12ClNO3/c1-7-2-3-8(6-9(7)12)11(16)13-5-4-10(14)15/h2-3,6H,4-5H2,1H3,(H,13,16)(H,14,15). The van der Waals surface area contributed by atoms with Crippen LogP contribution in [0.2, 0.25) is 5.02 Å². The number of hydrogen-bond acceptors (Lipinski definition) is 2. The summed E-state index contributed by atoms with van der Waals surface area (Å²) in [6.07, 6.45) is -0.0919. The van der Waals surface area contributed by atoms with Gasteiger partial charge in [0.1, 0.15) is 0 Å². The lowest BCUT2D eigenvalue weighted by Crippen LogP contribution is -2.25. The quantitative estimate of drug-likeness (QED) is 0.846. The van der Waals surface area contributed by atoms with Crippen molar-refractivity contribution in [3.05, 3.63) is 34.3 Å². The van der Waals surface area contributed by atoms with Crippen LogP contribution in [0.3, 0.4) is 0 Å². The van der Waals surface area contributed by atoms with Crippen LogP contribution in [0, 0.1) is 6.92 Å². The van der Waals surface area contributed by atoms with E-state index in [4.69, 9.17) is 16.7 Å². The van der Waals surface area contributed by atoms with E-state index in [0.717, 1.165) is 5.56 Å². The van der Waals surface area contributed by atoms with E-state index >= 15 is 0 Å². The molecule has 1 aromatic carbocycles. The number of halogens is 1. The molecule has 0 saturated carbocycles. The molecule has 0 heterocycles. The second-order valence-corrected chi connectivity index (χ2v) is 3.77. The van der Waals surface area contributed by atoms with Gasteiger partial charge >= 0.3 is 5.97 Å². The predicted octanol–water partition coefficient (Wildman–Crippen LogP) is 1.85. The topological polar surface area (TPSA) is 66.4 Å². The molecule has 2 N–H and O–H groups in total. The van der Waals surface area contributed by atoms with Crippen molar-refractivity contribution in [2.45, 2.75) is 13.3 Å². The Balaban J connectivity index is 2.59. The average molecular weight is 242 g/mol. The van der Waals surface area contributed by atoms with Crippen LogP contribution in [0.5, 0.6) is 0 Å². The molecular formula is C11H12ClNO3. The van der Waals surface area contributed by atoms with E-state index < -0.39 is 5.97 Å². The molecule has 4 nitrogen and oxygen atoms in total. The van der Waals surface area contributed by atoms with E-state index in [1.54, 1.807) is 18.2 Å². The van der Waals surface area contributed by atoms with Gasteiger partial charge in [0.15, 0.2) is 0 Å². The van der Waals surface area contributed by atoms with Gasteiger partial charge in [-0.1, -0.05) is 17.7 Å². The van der Waals surface area contributed by atoms with Gasteiger partial charge in [-0.15, -0.1) is 0 Å². The summed E-state index contributed by atoms with van der Waals surface area (Å²) < 4.78 is 0. The van der Waals surface area contributed by atoms with E-state index in [0.29, 0.717) is 10.6 Å². The van der Waals surface area contributed by atoms with Crippen LogP contribution in [0.1, 0.15) is 22.3 Å². The summed E-state index contributed by atoms with van der Waals surface area (Å²) in [7, 11) is 0. The summed E-state index contributed by atoms with van der Waals surface area (Å²) in [5.41, 5.74) is 1.32. The number of carboxylic acids is 1. The minimum atomic E-state index is -0.942. The van der Waals surface area contributed by atoms with Gasteiger partial charge in [0.2, 0.25) is 0 Å². The fraction of sp³-hybridized carbons (Fsp3) is 0.273. The smallest absolute Gasteiger partial charge is 0.305 e. The number of carboxylic acid groups (broad SMARTS) is 1. The third-order valence-corrected chi connectivity index (χ3v) is 2.47. The Bertz CT molecular complexity index is 418. The number of carbonyl (C=O) groups excluding carboxylic acids is 1. The molecule has 86 valence electrons. The first-order valence-electron chi connectivity index (χ1n) is 4.77. The van der Waals surface area contributed by atoms with Crippen LogP contribution in [0.15, 0.2) is 18.2 Å². The highest BCUT2D eigenvalue weighted by Gasteiger charge is 2.07. The molecule has 0 aliphatic heterocycles. The Hall–Kier alpha value is -1.55. The SMILES string of the molecule is Cc1ccc(C(=O)NCCC(=O)O)cc1Cl. The van der Waals surface area contributed by atoms with Gasteiger partial charge in [0.25, 0.3) is 5.91 Å². The third kappa shape index (κ3) is 3.55. The van der Waals surface area contributed by atoms with E-state index in [2.05, 4.69) is 5.32 Å². The lowest BCUT2D eigenvalue weighted by molar-refractivity contribution is -0.136. The molecule has 0 aromatic heterocycles. The number of benzene rings is 1. The summed E-state index contributed by atoms with van der Waals surface area (Å²) in [6, 6.07) is 4.96. The van der Waals surface area contributed by atoms with Gasteiger partial charge in [-0.05, 0) is 24.6 Å². The van der Waals surface area contributed by atoms with E-state index in [9.17, 15) is 9.59 Å². The minimum Gasteiger partial charge on any atom is -0.481 e. The van der Waals surface area contributed by atoms with Crippen LogP contribution in [-0.2, 0) is 4.79 Å². The molecular weight excluding hydrogens is 230 g/mol. The summed E-state index contributed by atoms with van der Waals surface area (Å²) in [4.78, 5) is 21.8. The first-order chi connectivity index (χ1) is 7.50. The minimum absolute atomic E-state index is 0.0919. The molecule has 0 aliphatic rings. The molecule has 1 aromatic rings. The normalized spacial score (nSPS) is 9.88. The Morgan fingerprint density at radius 2 is 2.12 bits per heavy atom. The monoisotopic (exact) mass is 241 g/mol. The van der Waals surface area contributed by atoms with Crippen LogP contribution in [-0.4, -0.2) is 23.5 Å². The zero-order chi connectivity index (χ0) is 12.1. The van der Waals surface area contributed by atoms with Crippen LogP contribution < -0.4 is 5.32 Å². The molecule has 0 fully saturated rings. The summed E-state index contributed by atoms with van der Waals surface area (Å²) in [5.74, 6) is -1.26. The van der Waals surface area contributed by atoms with Crippen molar-refractivity contribution in [3.8, 4) is 0 Å². The number of nitrogens with one attached hydrogen (secondary N) is 1. The molecule has 0 unspecified atom stereocenters. The lowest BCUT2D eigenvalue weighted by Gasteiger charge is -2.05. The molecule has 0 radical (unpaired) electrons. The molecule has 0 aliphatic carbocycles. The van der Waals surface area contributed by atoms with Crippen LogP contribution in [0.4, 0.5) is 0 Å². The zero-order valence-corrected chi connectivity index (χ0v) is 9.54. The highest BCUT2D eigenvalue weighted by atomic mass is 35.5. The van der Waals surface area contributed by atoms with Crippen molar-refractivity contribution in [1.29, 1.82) is 0 Å². The third-order valence-electron chi connectivity index (χ3n) is 2.06. The molecule has 1 amide bonds. The molecule has 5 heteroatoms. The first kappa shape index (κ1) is 12.5. The Morgan fingerprint density at radius 1 is 1.44 bits per heavy atom. The number of amides is 1. The maximum absolute atomic E-state index is 11.5. The van der Waals surface area contributed by atoms with Crippen molar-refractivity contribution in [1.82, 2.24) is 5.32 Å². The summed E-state index contributed by atoms with van der Waals surface area (Å²) in [6.45, 7) is 1.95. The Morgan fingerprint density at radius 3 is 2.69 bits per heavy atom. The van der Waals surface area contributed by atoms with Crippen molar-refractivity contribution in [3.63, 3.8) is 0 Å². The zero-order valence-electron chi connectivity index (χ0n) is 8.79. The lowest BCUT2D eigenvalue weighted by atomic mass is 10.1. The largest absolute Gasteiger partial charge is 0.481 e. The van der Waals surface area contributed by atoms with Crippen LogP contribution in [0.25, 0.3) is 0 Å². The first-order valence-corrected chi connectivity index (χ1v) is 5.14. The van der Waals surface area contributed by atoms with Gasteiger partial charge in [-0.2, -0.15) is 0 Å². The van der Waals surface area contributed by atoms with Gasteiger partial charge in [-0.25, -0.2) is 0 Å². The summed E-state index contributed by atoms with van der Waals surface area (Å²) >= 11 is 5.87. The molecule has 16 heavy (non-hydrogen) atoms. The molecule has 0 saturated heterocycles.